The number of alkyl halides is 1. The quantitative estimate of drug-likeness (QED) is 0.919. The summed E-state index contributed by atoms with van der Waals surface area (Å²) in [6, 6.07) is -0.313. The van der Waals surface area contributed by atoms with E-state index in [-0.39, 0.29) is 17.5 Å². The molecule has 3 rings (SSSR count). The Balaban J connectivity index is 2.53. The molecular formula is C13H8F3NO4. The molecule has 0 aliphatic carbocycles. The fourth-order valence-electron chi connectivity index (χ4n) is 2.38. The Kier molecular flexibility index (Phi) is 2.89. The number of hydrogen-bond donors (Lipinski definition) is 1. The second-order valence-electron chi connectivity index (χ2n) is 4.60. The molecule has 1 aromatic heterocycles. The fourth-order valence-corrected chi connectivity index (χ4v) is 2.38. The summed E-state index contributed by atoms with van der Waals surface area (Å²) in [5.41, 5.74) is -1.75. The van der Waals surface area contributed by atoms with E-state index in [9.17, 15) is 22.8 Å². The predicted octanol–water partition coefficient (Wildman–Crippen LogP) is 1.88. The molecule has 1 aliphatic rings. The van der Waals surface area contributed by atoms with Crippen LogP contribution in [0.25, 0.3) is 10.9 Å². The van der Waals surface area contributed by atoms with Crippen LogP contribution in [0.15, 0.2) is 17.1 Å². The van der Waals surface area contributed by atoms with Crippen LogP contribution in [-0.2, 0) is 0 Å². The van der Waals surface area contributed by atoms with E-state index in [1.807, 2.05) is 0 Å². The first-order valence-corrected chi connectivity index (χ1v) is 5.94. The molecule has 0 amide bonds. The molecule has 2 aromatic rings. The number of nitrogens with zero attached hydrogens (tertiary/aromatic N) is 1. The van der Waals surface area contributed by atoms with E-state index in [1.54, 1.807) is 0 Å². The predicted molar refractivity (Wildman–Crippen MR) is 65.6 cm³/mol. The van der Waals surface area contributed by atoms with Gasteiger partial charge in [0.2, 0.25) is 11.2 Å². The number of carboxylic acid groups (broad SMARTS) is 1. The van der Waals surface area contributed by atoms with Crippen LogP contribution in [0.2, 0.25) is 0 Å². The van der Waals surface area contributed by atoms with Gasteiger partial charge in [0, 0.05) is 6.20 Å². The number of pyridine rings is 1. The molecular weight excluding hydrogens is 291 g/mol. The Morgan fingerprint density at radius 3 is 2.81 bits per heavy atom. The Bertz CT molecular complexity index is 831. The molecule has 0 saturated carbocycles. The van der Waals surface area contributed by atoms with Crippen molar-refractivity contribution >= 4 is 16.9 Å². The van der Waals surface area contributed by atoms with Gasteiger partial charge >= 0.3 is 5.97 Å². The van der Waals surface area contributed by atoms with Gasteiger partial charge in [-0.25, -0.2) is 13.6 Å². The highest BCUT2D eigenvalue weighted by Gasteiger charge is 2.29. The highest BCUT2D eigenvalue weighted by Crippen LogP contribution is 2.35. The highest BCUT2D eigenvalue weighted by molar-refractivity contribution is 5.94. The van der Waals surface area contributed by atoms with Gasteiger partial charge in [0.15, 0.2) is 11.6 Å². The molecule has 8 heteroatoms. The number of benzene rings is 1. The number of ether oxygens (including phenoxy) is 1. The molecule has 1 atom stereocenters. The lowest BCUT2D eigenvalue weighted by molar-refractivity contribution is 0.0694. The van der Waals surface area contributed by atoms with Gasteiger partial charge in [0.1, 0.15) is 18.8 Å². The van der Waals surface area contributed by atoms with Gasteiger partial charge in [0.25, 0.3) is 0 Å². The zero-order valence-electron chi connectivity index (χ0n) is 10.4. The third-order valence-electron chi connectivity index (χ3n) is 3.39. The van der Waals surface area contributed by atoms with Gasteiger partial charge in [-0.1, -0.05) is 0 Å². The summed E-state index contributed by atoms with van der Waals surface area (Å²) in [6.45, 7) is -1.20. The van der Waals surface area contributed by atoms with Crippen molar-refractivity contribution in [3.8, 4) is 5.75 Å². The minimum atomic E-state index is -1.53. The van der Waals surface area contributed by atoms with E-state index in [2.05, 4.69) is 0 Å². The Morgan fingerprint density at radius 1 is 1.48 bits per heavy atom. The van der Waals surface area contributed by atoms with Crippen LogP contribution in [0.3, 0.4) is 0 Å². The van der Waals surface area contributed by atoms with Gasteiger partial charge in [-0.05, 0) is 6.07 Å². The maximum absolute atomic E-state index is 13.7. The van der Waals surface area contributed by atoms with Crippen LogP contribution >= 0.6 is 0 Å². The first-order chi connectivity index (χ1) is 9.95. The summed E-state index contributed by atoms with van der Waals surface area (Å²) >= 11 is 0. The van der Waals surface area contributed by atoms with Crippen LogP contribution in [-0.4, -0.2) is 28.9 Å². The van der Waals surface area contributed by atoms with E-state index in [0.717, 1.165) is 10.8 Å². The number of carbonyl (C=O) groups is 1. The number of carboxylic acids is 1. The molecule has 0 saturated heterocycles. The average molecular weight is 299 g/mol. The zero-order chi connectivity index (χ0) is 15.3. The molecule has 0 bridgehead atoms. The molecule has 1 aliphatic heterocycles. The largest absolute Gasteiger partial charge is 0.486 e. The smallest absolute Gasteiger partial charge is 0.341 e. The number of halogens is 3. The van der Waals surface area contributed by atoms with Gasteiger partial charge in [-0.2, -0.15) is 4.39 Å². The van der Waals surface area contributed by atoms with Crippen LogP contribution < -0.4 is 10.2 Å². The van der Waals surface area contributed by atoms with Gasteiger partial charge in [-0.15, -0.1) is 0 Å². The van der Waals surface area contributed by atoms with E-state index < -0.39 is 47.1 Å². The van der Waals surface area contributed by atoms with Crippen molar-refractivity contribution in [3.63, 3.8) is 0 Å². The van der Waals surface area contributed by atoms with Gasteiger partial charge < -0.3 is 14.4 Å². The Morgan fingerprint density at radius 2 is 2.19 bits per heavy atom. The van der Waals surface area contributed by atoms with Crippen LogP contribution in [0.4, 0.5) is 13.2 Å². The lowest BCUT2D eigenvalue weighted by atomic mass is 10.1. The normalized spacial score (nSPS) is 16.8. The zero-order valence-corrected chi connectivity index (χ0v) is 10.4. The fraction of sp³-hybridized carbons (Fsp3) is 0.231. The standard InChI is InChI=1S/C13H8F3NO4/c14-2-5-4-21-12-9(16)8(15)1-6-10(12)17(5)3-7(11(6)18)13(19)20/h1,3,5H,2,4H2,(H,19,20). The summed E-state index contributed by atoms with van der Waals surface area (Å²) in [4.78, 5) is 23.1. The Hall–Kier alpha value is -2.51. The van der Waals surface area contributed by atoms with Crippen molar-refractivity contribution in [1.29, 1.82) is 0 Å². The van der Waals surface area contributed by atoms with E-state index >= 15 is 0 Å². The first-order valence-electron chi connectivity index (χ1n) is 5.94. The summed E-state index contributed by atoms with van der Waals surface area (Å²) in [6.07, 6.45) is 0.931. The van der Waals surface area contributed by atoms with Crippen molar-refractivity contribution in [1.82, 2.24) is 4.57 Å². The third kappa shape index (κ3) is 1.78. The summed E-state index contributed by atoms with van der Waals surface area (Å²) in [7, 11) is 0. The number of rotatable bonds is 2. The highest BCUT2D eigenvalue weighted by atomic mass is 19.2. The van der Waals surface area contributed by atoms with Crippen LogP contribution in [0, 0.1) is 11.6 Å². The summed E-state index contributed by atoms with van der Waals surface area (Å²) < 4.78 is 46.4. The van der Waals surface area contributed by atoms with Crippen molar-refractivity contribution in [2.24, 2.45) is 0 Å². The van der Waals surface area contributed by atoms with Crippen molar-refractivity contribution < 1.29 is 27.8 Å². The number of hydrogen-bond acceptors (Lipinski definition) is 3. The molecule has 21 heavy (non-hydrogen) atoms. The number of aromatic nitrogens is 1. The van der Waals surface area contributed by atoms with Crippen LogP contribution in [0.5, 0.6) is 5.75 Å². The minimum Gasteiger partial charge on any atom is -0.486 e. The van der Waals surface area contributed by atoms with Crippen molar-refractivity contribution in [2.45, 2.75) is 6.04 Å². The van der Waals surface area contributed by atoms with Crippen molar-refractivity contribution in [2.75, 3.05) is 13.3 Å². The lowest BCUT2D eigenvalue weighted by Crippen LogP contribution is -2.29. The maximum Gasteiger partial charge on any atom is 0.341 e. The average Bonchev–Trinajstić information content (AvgIpc) is 2.46. The topological polar surface area (TPSA) is 68.5 Å². The minimum absolute atomic E-state index is 0.141. The van der Waals surface area contributed by atoms with Crippen molar-refractivity contribution in [3.05, 3.63) is 39.7 Å². The SMILES string of the molecule is O=C(O)c1cn2c3c(c(F)c(F)cc3c1=O)OCC2CF. The van der Waals surface area contributed by atoms with E-state index in [0.29, 0.717) is 6.07 Å². The monoisotopic (exact) mass is 299 g/mol. The van der Waals surface area contributed by atoms with E-state index in [4.69, 9.17) is 9.84 Å². The summed E-state index contributed by atoms with van der Waals surface area (Å²) in [5, 5.41) is 8.65. The number of aromatic carboxylic acids is 1. The first kappa shape index (κ1) is 13.5. The van der Waals surface area contributed by atoms with E-state index in [1.165, 1.54) is 0 Å². The second-order valence-corrected chi connectivity index (χ2v) is 4.60. The molecule has 0 spiro atoms. The third-order valence-corrected chi connectivity index (χ3v) is 3.39. The molecule has 1 unspecified atom stereocenters. The van der Waals surface area contributed by atoms with Crippen LogP contribution in [0.1, 0.15) is 16.4 Å². The molecule has 0 fully saturated rings. The lowest BCUT2D eigenvalue weighted by Gasteiger charge is -2.27. The molecule has 110 valence electrons. The van der Waals surface area contributed by atoms with Gasteiger partial charge in [-0.3, -0.25) is 4.79 Å². The second kappa shape index (κ2) is 4.51. The molecule has 5 nitrogen and oxygen atoms in total. The van der Waals surface area contributed by atoms with Gasteiger partial charge in [0.05, 0.1) is 16.9 Å². The molecule has 0 radical (unpaired) electrons. The molecule has 2 heterocycles. The molecule has 1 N–H and O–H groups in total. The maximum atomic E-state index is 13.7. The molecule has 1 aromatic carbocycles. The summed E-state index contributed by atoms with van der Waals surface area (Å²) in [5.74, 6) is -4.66. The Labute approximate surface area is 115 Å².